The Morgan fingerprint density at radius 1 is 1.24 bits per heavy atom. The van der Waals surface area contributed by atoms with Crippen LogP contribution in [0.2, 0.25) is 0 Å². The van der Waals surface area contributed by atoms with Crippen LogP contribution in [0, 0.1) is 0 Å². The van der Waals surface area contributed by atoms with Crippen molar-refractivity contribution in [3.63, 3.8) is 0 Å². The fourth-order valence-electron chi connectivity index (χ4n) is 3.04. The first kappa shape index (κ1) is 13.9. The van der Waals surface area contributed by atoms with Crippen LogP contribution in [0.3, 0.4) is 0 Å². The second-order valence-corrected chi connectivity index (χ2v) is 5.38. The number of hydrogen-bond acceptors (Lipinski definition) is 4. The summed E-state index contributed by atoms with van der Waals surface area (Å²) < 4.78 is 5.20. The molecule has 1 unspecified atom stereocenters. The highest BCUT2D eigenvalue weighted by molar-refractivity contribution is 5.60. The van der Waals surface area contributed by atoms with Crippen molar-refractivity contribution in [2.75, 3.05) is 25.1 Å². The number of para-hydroxylation sites is 1. The largest absolute Gasteiger partial charge is 0.481 e. The Hall–Kier alpha value is -2.07. The predicted molar refractivity (Wildman–Crippen MR) is 84.7 cm³/mol. The van der Waals surface area contributed by atoms with Gasteiger partial charge in [0.15, 0.2) is 0 Å². The van der Waals surface area contributed by atoms with E-state index in [1.54, 1.807) is 7.11 Å². The monoisotopic (exact) mass is 283 g/mol. The fraction of sp³-hybridized carbons (Fsp3) is 0.353. The van der Waals surface area contributed by atoms with Crippen molar-refractivity contribution in [1.82, 2.24) is 4.98 Å². The number of benzene rings is 1. The van der Waals surface area contributed by atoms with Gasteiger partial charge < -0.3 is 15.4 Å². The maximum atomic E-state index is 5.75. The molecule has 0 radical (unpaired) electrons. The van der Waals surface area contributed by atoms with Gasteiger partial charge >= 0.3 is 0 Å². The van der Waals surface area contributed by atoms with Crippen LogP contribution < -0.4 is 15.4 Å². The molecule has 1 aromatic heterocycles. The molecule has 3 rings (SSSR count). The normalized spacial score (nSPS) is 16.9. The van der Waals surface area contributed by atoms with E-state index in [9.17, 15) is 0 Å². The summed E-state index contributed by atoms with van der Waals surface area (Å²) in [7, 11) is 1.65. The van der Waals surface area contributed by atoms with E-state index in [1.807, 2.05) is 18.2 Å². The SMILES string of the molecule is COc1cccc(CN2CC(CCN)c3ccccc32)n1. The molecule has 0 aliphatic carbocycles. The van der Waals surface area contributed by atoms with Crippen LogP contribution in [-0.4, -0.2) is 25.2 Å². The number of pyridine rings is 1. The number of nitrogens with two attached hydrogens (primary N) is 1. The molecule has 4 nitrogen and oxygen atoms in total. The molecule has 1 aromatic carbocycles. The standard InChI is InChI=1S/C17H21N3O/c1-21-17-8-4-5-14(19-17)12-20-11-13(9-10-18)15-6-2-3-7-16(15)20/h2-8,13H,9-12,18H2,1H3. The van der Waals surface area contributed by atoms with Gasteiger partial charge in [-0.1, -0.05) is 24.3 Å². The second-order valence-electron chi connectivity index (χ2n) is 5.38. The molecule has 0 saturated carbocycles. The molecule has 2 N–H and O–H groups in total. The van der Waals surface area contributed by atoms with E-state index in [-0.39, 0.29) is 0 Å². The Kier molecular flexibility index (Phi) is 4.06. The van der Waals surface area contributed by atoms with Crippen LogP contribution in [-0.2, 0) is 6.54 Å². The quantitative estimate of drug-likeness (QED) is 0.916. The molecule has 21 heavy (non-hydrogen) atoms. The van der Waals surface area contributed by atoms with Gasteiger partial charge in [-0.05, 0) is 30.7 Å². The molecule has 0 bridgehead atoms. The summed E-state index contributed by atoms with van der Waals surface area (Å²) in [4.78, 5) is 6.90. The molecular weight excluding hydrogens is 262 g/mol. The number of rotatable bonds is 5. The van der Waals surface area contributed by atoms with Crippen molar-refractivity contribution in [3.05, 3.63) is 53.7 Å². The lowest BCUT2D eigenvalue weighted by Crippen LogP contribution is -2.22. The van der Waals surface area contributed by atoms with Crippen molar-refractivity contribution in [2.45, 2.75) is 18.9 Å². The van der Waals surface area contributed by atoms with Gasteiger partial charge in [0.1, 0.15) is 0 Å². The zero-order valence-corrected chi connectivity index (χ0v) is 12.3. The summed E-state index contributed by atoms with van der Waals surface area (Å²) in [6, 6.07) is 14.5. The fourth-order valence-corrected chi connectivity index (χ4v) is 3.04. The first-order valence-electron chi connectivity index (χ1n) is 7.35. The highest BCUT2D eigenvalue weighted by atomic mass is 16.5. The topological polar surface area (TPSA) is 51.4 Å². The summed E-state index contributed by atoms with van der Waals surface area (Å²) >= 11 is 0. The second kappa shape index (κ2) is 6.14. The number of nitrogens with zero attached hydrogens (tertiary/aromatic N) is 2. The predicted octanol–water partition coefficient (Wildman–Crippen LogP) is 2.54. The lowest BCUT2D eigenvalue weighted by Gasteiger charge is -2.19. The van der Waals surface area contributed by atoms with Crippen LogP contribution in [0.15, 0.2) is 42.5 Å². The van der Waals surface area contributed by atoms with Gasteiger partial charge in [-0.3, -0.25) is 0 Å². The maximum absolute atomic E-state index is 5.75. The maximum Gasteiger partial charge on any atom is 0.213 e. The molecule has 0 amide bonds. The van der Waals surface area contributed by atoms with E-state index in [0.717, 1.165) is 31.7 Å². The molecule has 4 heteroatoms. The third-order valence-electron chi connectivity index (χ3n) is 4.02. The number of ether oxygens (including phenoxy) is 1. The Labute approximate surface area is 125 Å². The zero-order chi connectivity index (χ0) is 14.7. The summed E-state index contributed by atoms with van der Waals surface area (Å²) in [5, 5.41) is 0. The molecule has 2 aromatic rings. The van der Waals surface area contributed by atoms with Crippen molar-refractivity contribution in [1.29, 1.82) is 0 Å². The number of aromatic nitrogens is 1. The number of fused-ring (bicyclic) bond motifs is 1. The molecule has 0 spiro atoms. The van der Waals surface area contributed by atoms with Crippen LogP contribution >= 0.6 is 0 Å². The summed E-state index contributed by atoms with van der Waals surface area (Å²) in [6.45, 7) is 2.54. The third kappa shape index (κ3) is 2.85. The van der Waals surface area contributed by atoms with Gasteiger partial charge in [0.05, 0.1) is 19.3 Å². The van der Waals surface area contributed by atoms with Crippen LogP contribution in [0.1, 0.15) is 23.6 Å². The van der Waals surface area contributed by atoms with Crippen molar-refractivity contribution in [3.8, 4) is 5.88 Å². The molecule has 1 aliphatic rings. The minimum absolute atomic E-state index is 0.525. The molecule has 0 saturated heterocycles. The Morgan fingerprint density at radius 3 is 2.90 bits per heavy atom. The van der Waals surface area contributed by atoms with Gasteiger partial charge in [0.25, 0.3) is 0 Å². The van der Waals surface area contributed by atoms with Gasteiger partial charge in [-0.25, -0.2) is 4.98 Å². The van der Waals surface area contributed by atoms with Crippen LogP contribution in [0.25, 0.3) is 0 Å². The minimum Gasteiger partial charge on any atom is -0.481 e. The van der Waals surface area contributed by atoms with Crippen molar-refractivity contribution < 1.29 is 4.74 Å². The zero-order valence-electron chi connectivity index (χ0n) is 12.3. The smallest absolute Gasteiger partial charge is 0.213 e. The van der Waals surface area contributed by atoms with E-state index < -0.39 is 0 Å². The van der Waals surface area contributed by atoms with E-state index in [2.05, 4.69) is 34.1 Å². The van der Waals surface area contributed by atoms with Gasteiger partial charge in [0, 0.05) is 24.2 Å². The highest BCUT2D eigenvalue weighted by Crippen LogP contribution is 2.38. The van der Waals surface area contributed by atoms with Crippen LogP contribution in [0.5, 0.6) is 5.88 Å². The lowest BCUT2D eigenvalue weighted by atomic mass is 9.98. The molecule has 110 valence electrons. The van der Waals surface area contributed by atoms with E-state index in [4.69, 9.17) is 10.5 Å². The summed E-state index contributed by atoms with van der Waals surface area (Å²) in [6.07, 6.45) is 1.03. The average molecular weight is 283 g/mol. The Morgan fingerprint density at radius 2 is 2.10 bits per heavy atom. The van der Waals surface area contributed by atoms with Crippen LogP contribution in [0.4, 0.5) is 5.69 Å². The van der Waals surface area contributed by atoms with Gasteiger partial charge in [0.2, 0.25) is 5.88 Å². The first-order chi connectivity index (χ1) is 10.3. The minimum atomic E-state index is 0.525. The van der Waals surface area contributed by atoms with E-state index in [0.29, 0.717) is 11.8 Å². The number of hydrogen-bond donors (Lipinski definition) is 1. The number of methoxy groups -OCH3 is 1. The molecule has 1 aliphatic heterocycles. The summed E-state index contributed by atoms with van der Waals surface area (Å²) in [5.74, 6) is 1.19. The third-order valence-corrected chi connectivity index (χ3v) is 4.02. The van der Waals surface area contributed by atoms with Gasteiger partial charge in [-0.15, -0.1) is 0 Å². The molecule has 1 atom stereocenters. The van der Waals surface area contributed by atoms with E-state index >= 15 is 0 Å². The average Bonchev–Trinajstić information content (AvgIpc) is 2.86. The first-order valence-corrected chi connectivity index (χ1v) is 7.35. The molecule has 0 fully saturated rings. The molecule has 2 heterocycles. The Balaban J connectivity index is 1.83. The molecular formula is C17H21N3O. The summed E-state index contributed by atoms with van der Waals surface area (Å²) in [5.41, 5.74) is 9.49. The van der Waals surface area contributed by atoms with Crippen molar-refractivity contribution >= 4 is 5.69 Å². The lowest BCUT2D eigenvalue weighted by molar-refractivity contribution is 0.396. The number of anilines is 1. The van der Waals surface area contributed by atoms with E-state index in [1.165, 1.54) is 11.3 Å². The van der Waals surface area contributed by atoms with Crippen molar-refractivity contribution in [2.24, 2.45) is 5.73 Å². The van der Waals surface area contributed by atoms with Gasteiger partial charge in [-0.2, -0.15) is 0 Å². The Bertz CT molecular complexity index is 614. The highest BCUT2D eigenvalue weighted by Gasteiger charge is 2.27.